The fraction of sp³-hybridized carbons (Fsp3) is 0.375. The molecule has 0 aliphatic rings. The second kappa shape index (κ2) is 14.2. The van der Waals surface area contributed by atoms with E-state index in [0.29, 0.717) is 36.7 Å². The zero-order chi connectivity index (χ0) is 30.6. The van der Waals surface area contributed by atoms with Crippen LogP contribution in [0.25, 0.3) is 26.4 Å². The second-order valence-electron chi connectivity index (χ2n) is 11.5. The molecule has 0 radical (unpaired) electrons. The molecule has 10 nitrogen and oxygen atoms in total. The van der Waals surface area contributed by atoms with Gasteiger partial charge in [0.25, 0.3) is 0 Å². The van der Waals surface area contributed by atoms with Gasteiger partial charge in [0, 0.05) is 48.4 Å². The van der Waals surface area contributed by atoms with Crippen molar-refractivity contribution in [3.05, 3.63) is 66.1 Å². The number of hydrogen-bond acceptors (Lipinski definition) is 7. The summed E-state index contributed by atoms with van der Waals surface area (Å²) in [6.45, 7) is 13.9. The van der Waals surface area contributed by atoms with Gasteiger partial charge in [-0.1, -0.05) is 69.3 Å². The van der Waals surface area contributed by atoms with Crippen molar-refractivity contribution in [2.75, 3.05) is 36.8 Å². The van der Waals surface area contributed by atoms with E-state index in [2.05, 4.69) is 62.5 Å². The van der Waals surface area contributed by atoms with Crippen molar-refractivity contribution in [3.63, 3.8) is 0 Å². The number of rotatable bonds is 11. The highest BCUT2D eigenvalue weighted by atomic mass is 35.5. The minimum absolute atomic E-state index is 0. The average Bonchev–Trinajstić information content (AvgIpc) is 3.69. The fourth-order valence-electron chi connectivity index (χ4n) is 4.77. The third-order valence-electron chi connectivity index (χ3n) is 7.37. The number of imidazole rings is 1. The first-order valence-corrected chi connectivity index (χ1v) is 15.5. The summed E-state index contributed by atoms with van der Waals surface area (Å²) >= 11 is 1.63. The van der Waals surface area contributed by atoms with Crippen LogP contribution in [0, 0.1) is 0 Å². The Hall–Kier alpha value is -3.93. The molecule has 12 heteroatoms. The molecule has 3 aromatic heterocycles. The Balaban J connectivity index is 0.00000442. The minimum atomic E-state index is -0.397. The highest BCUT2D eigenvalue weighted by molar-refractivity contribution is 7.23. The summed E-state index contributed by atoms with van der Waals surface area (Å²) in [6, 6.07) is 15.2. The maximum absolute atomic E-state index is 12.4. The summed E-state index contributed by atoms with van der Waals surface area (Å²) in [7, 11) is 0. The zero-order valence-electron chi connectivity index (χ0n) is 25.8. The molecule has 5 rings (SSSR count). The number of halogens is 1. The van der Waals surface area contributed by atoms with Crippen molar-refractivity contribution < 1.29 is 14.1 Å². The molecule has 0 saturated heterocycles. The largest absolute Gasteiger partial charge is 0.359 e. The molecule has 44 heavy (non-hydrogen) atoms. The van der Waals surface area contributed by atoms with Crippen LogP contribution in [0.3, 0.4) is 0 Å². The number of carbonyl (C=O) groups excluding carboxylic acids is 2. The van der Waals surface area contributed by atoms with Gasteiger partial charge in [-0.15, -0.1) is 12.4 Å². The Morgan fingerprint density at radius 2 is 1.77 bits per heavy atom. The predicted octanol–water partition coefficient (Wildman–Crippen LogP) is 6.96. The van der Waals surface area contributed by atoms with E-state index < -0.39 is 6.03 Å². The number of nitrogens with one attached hydrogen (secondary N) is 3. The fourth-order valence-corrected chi connectivity index (χ4v) is 5.84. The van der Waals surface area contributed by atoms with Gasteiger partial charge in [-0.2, -0.15) is 0 Å². The van der Waals surface area contributed by atoms with Gasteiger partial charge < -0.3 is 20.1 Å². The summed E-state index contributed by atoms with van der Waals surface area (Å²) in [5.41, 5.74) is 4.49. The molecule has 0 bridgehead atoms. The van der Waals surface area contributed by atoms with E-state index in [9.17, 15) is 9.59 Å². The van der Waals surface area contributed by atoms with Crippen LogP contribution in [0.15, 0.2) is 59.3 Å². The third kappa shape index (κ3) is 7.96. The monoisotopic (exact) mass is 637 g/mol. The van der Waals surface area contributed by atoms with Crippen molar-refractivity contribution in [2.45, 2.75) is 52.9 Å². The van der Waals surface area contributed by atoms with Crippen LogP contribution < -0.4 is 16.0 Å². The molecule has 0 aliphatic heterocycles. The Morgan fingerprint density at radius 1 is 1.02 bits per heavy atom. The Morgan fingerprint density at radius 3 is 2.45 bits per heavy atom. The predicted molar refractivity (Wildman–Crippen MR) is 180 cm³/mol. The highest BCUT2D eigenvalue weighted by Gasteiger charge is 2.20. The maximum atomic E-state index is 12.4. The lowest BCUT2D eigenvalue weighted by atomic mass is 9.93. The van der Waals surface area contributed by atoms with Gasteiger partial charge in [0.1, 0.15) is 5.76 Å². The molecule has 0 aliphatic carbocycles. The highest BCUT2D eigenvalue weighted by Crippen LogP contribution is 2.31. The Kier molecular flexibility index (Phi) is 10.7. The van der Waals surface area contributed by atoms with E-state index in [-0.39, 0.29) is 23.7 Å². The number of likely N-dealkylation sites (N-methyl/N-ethyl adjacent to an activating group) is 1. The molecule has 0 saturated carbocycles. The topological polar surface area (TPSA) is 117 Å². The lowest BCUT2D eigenvalue weighted by molar-refractivity contribution is -0.121. The molecule has 5 aromatic rings. The summed E-state index contributed by atoms with van der Waals surface area (Å²) in [5.74, 6) is 1.15. The van der Waals surface area contributed by atoms with Crippen LogP contribution in [0.2, 0.25) is 0 Å². The van der Waals surface area contributed by atoms with Crippen molar-refractivity contribution in [2.24, 2.45) is 0 Å². The third-order valence-corrected chi connectivity index (χ3v) is 8.39. The van der Waals surface area contributed by atoms with E-state index >= 15 is 0 Å². The molecule has 2 aromatic carbocycles. The number of benzene rings is 2. The van der Waals surface area contributed by atoms with Crippen molar-refractivity contribution in [1.29, 1.82) is 0 Å². The molecule has 0 fully saturated rings. The Labute approximate surface area is 267 Å². The smallest absolute Gasteiger partial charge is 0.324 e. The van der Waals surface area contributed by atoms with Gasteiger partial charge in [-0.25, -0.2) is 9.78 Å². The molecule has 3 N–H and O–H groups in total. The van der Waals surface area contributed by atoms with Gasteiger partial charge in [0.2, 0.25) is 5.91 Å². The van der Waals surface area contributed by atoms with Crippen molar-refractivity contribution >= 4 is 62.4 Å². The van der Waals surface area contributed by atoms with E-state index in [1.807, 2.05) is 51.2 Å². The molecule has 0 atom stereocenters. The number of urea groups is 1. The number of aromatic nitrogens is 3. The number of carbonyl (C=O) groups is 2. The molecular weight excluding hydrogens is 598 g/mol. The zero-order valence-corrected chi connectivity index (χ0v) is 27.4. The molecule has 3 amide bonds. The number of thiazole rings is 1. The Bertz CT molecular complexity index is 1720. The van der Waals surface area contributed by atoms with E-state index in [1.54, 1.807) is 17.4 Å². The van der Waals surface area contributed by atoms with Crippen LogP contribution in [-0.4, -0.2) is 57.6 Å². The quantitative estimate of drug-likeness (QED) is 0.144. The van der Waals surface area contributed by atoms with E-state index in [0.717, 1.165) is 51.6 Å². The summed E-state index contributed by atoms with van der Waals surface area (Å²) in [5, 5.41) is 12.5. The molecule has 3 heterocycles. The van der Waals surface area contributed by atoms with Crippen LogP contribution in [0.1, 0.15) is 52.4 Å². The van der Waals surface area contributed by atoms with Gasteiger partial charge in [0.05, 0.1) is 15.9 Å². The van der Waals surface area contributed by atoms with Gasteiger partial charge >= 0.3 is 6.03 Å². The molecule has 234 valence electrons. The van der Waals surface area contributed by atoms with Gasteiger partial charge in [-0.05, 0) is 49.3 Å². The second-order valence-corrected chi connectivity index (χ2v) is 12.6. The first-order valence-electron chi connectivity index (χ1n) is 14.7. The first kappa shape index (κ1) is 33.0. The molecular formula is C32H40ClN7O3S. The van der Waals surface area contributed by atoms with E-state index in [4.69, 9.17) is 9.51 Å². The number of aryl methyl sites for hydroxylation is 1. The standard InChI is InChI=1S/C32H39N7O3S.ClH/c1-6-38(7-2)17-16-33-29(40)15-9-21-8-14-25-26(18-21)43-31-35-24(20-39(25)31)22-10-12-23(13-11-22)34-30(41)36-28-19-27(42-37-28)32(3,4)5;/h8,10-14,18-20H,6-7,9,15-17H2,1-5H3,(H,33,40)(H2,34,36,37,41);1H. The minimum Gasteiger partial charge on any atom is -0.359 e. The molecule has 0 spiro atoms. The van der Waals surface area contributed by atoms with Crippen LogP contribution >= 0.6 is 23.7 Å². The number of anilines is 2. The van der Waals surface area contributed by atoms with Crippen molar-refractivity contribution in [1.82, 2.24) is 24.8 Å². The summed E-state index contributed by atoms with van der Waals surface area (Å²) in [4.78, 5) is 32.8. The van der Waals surface area contributed by atoms with Crippen LogP contribution in [-0.2, 0) is 16.6 Å². The number of amides is 3. The SMILES string of the molecule is CCN(CC)CCNC(=O)CCc1ccc2c(c1)sc1nc(-c3ccc(NC(=O)Nc4cc(C(C)(C)C)on4)cc3)cn12.Cl. The first-order chi connectivity index (χ1) is 20.6. The lowest BCUT2D eigenvalue weighted by Crippen LogP contribution is -2.34. The average molecular weight is 638 g/mol. The normalized spacial score (nSPS) is 11.6. The maximum Gasteiger partial charge on any atom is 0.324 e. The number of nitrogens with zero attached hydrogens (tertiary/aromatic N) is 4. The summed E-state index contributed by atoms with van der Waals surface area (Å²) < 4.78 is 8.56. The van der Waals surface area contributed by atoms with Gasteiger partial charge in [-0.3, -0.25) is 14.5 Å². The molecule has 0 unspecified atom stereocenters. The number of fused-ring (bicyclic) bond motifs is 3. The number of hydrogen-bond donors (Lipinski definition) is 3. The van der Waals surface area contributed by atoms with Crippen LogP contribution in [0.5, 0.6) is 0 Å². The van der Waals surface area contributed by atoms with Gasteiger partial charge in [0.15, 0.2) is 10.8 Å². The lowest BCUT2D eigenvalue weighted by Gasteiger charge is -2.17. The van der Waals surface area contributed by atoms with E-state index in [1.165, 1.54) is 0 Å². The van der Waals surface area contributed by atoms with Crippen molar-refractivity contribution in [3.8, 4) is 11.3 Å². The van der Waals surface area contributed by atoms with Crippen LogP contribution in [0.4, 0.5) is 16.3 Å². The summed E-state index contributed by atoms with van der Waals surface area (Å²) in [6.07, 6.45) is 3.21.